The maximum atomic E-state index is 13.2. The molecule has 140 valence electrons. The summed E-state index contributed by atoms with van der Waals surface area (Å²) in [7, 11) is 0. The van der Waals surface area contributed by atoms with Gasteiger partial charge >= 0.3 is 5.97 Å². The van der Waals surface area contributed by atoms with Crippen LogP contribution in [0, 0.1) is 13.8 Å². The van der Waals surface area contributed by atoms with Crippen LogP contribution in [0.4, 0.5) is 0 Å². The number of aromatic nitrogens is 2. The number of aromatic carboxylic acids is 1. The van der Waals surface area contributed by atoms with Crippen molar-refractivity contribution in [1.82, 2.24) is 9.55 Å². The van der Waals surface area contributed by atoms with Crippen LogP contribution < -0.4 is 11.3 Å². The molecule has 0 aliphatic heterocycles. The van der Waals surface area contributed by atoms with Gasteiger partial charge in [-0.25, -0.2) is 9.78 Å². The fraction of sp³-hybridized carbons (Fsp3) is 0.263. The van der Waals surface area contributed by atoms with Gasteiger partial charge in [-0.2, -0.15) is 0 Å². The van der Waals surface area contributed by atoms with Crippen LogP contribution in [-0.2, 0) is 11.3 Å². The van der Waals surface area contributed by atoms with Crippen LogP contribution in [-0.4, -0.2) is 26.5 Å². The molecular formula is C19H19N3O4S. The predicted molar refractivity (Wildman–Crippen MR) is 104 cm³/mol. The Morgan fingerprint density at radius 2 is 2.04 bits per heavy atom. The molecule has 0 spiro atoms. The summed E-state index contributed by atoms with van der Waals surface area (Å²) in [5.74, 6) is -1.06. The minimum atomic E-state index is -1.08. The van der Waals surface area contributed by atoms with E-state index in [1.54, 1.807) is 6.92 Å². The number of fused-ring (bicyclic) bond motifs is 1. The van der Waals surface area contributed by atoms with E-state index in [0.29, 0.717) is 28.0 Å². The molecule has 8 heteroatoms. The lowest BCUT2D eigenvalue weighted by molar-refractivity contribution is -0.118. The number of hydrogen-bond acceptors (Lipinski definition) is 5. The Morgan fingerprint density at radius 3 is 2.67 bits per heavy atom. The Bertz CT molecular complexity index is 1110. The highest BCUT2D eigenvalue weighted by Gasteiger charge is 2.21. The van der Waals surface area contributed by atoms with E-state index in [-0.39, 0.29) is 23.4 Å². The number of thiophene rings is 1. The molecule has 2 heterocycles. The van der Waals surface area contributed by atoms with E-state index in [2.05, 4.69) is 4.98 Å². The van der Waals surface area contributed by atoms with Crippen LogP contribution in [0.1, 0.15) is 33.6 Å². The van der Waals surface area contributed by atoms with E-state index < -0.39 is 11.9 Å². The van der Waals surface area contributed by atoms with Crippen LogP contribution in [0.5, 0.6) is 0 Å². The Morgan fingerprint density at radius 1 is 1.30 bits per heavy atom. The SMILES string of the molecule is Cc1cccc(-c2nc3sc(C(=O)O)c(C)c3c(=O)n2CCCC(N)=O)c1. The van der Waals surface area contributed by atoms with E-state index in [9.17, 15) is 19.5 Å². The van der Waals surface area contributed by atoms with Crippen LogP contribution in [0.25, 0.3) is 21.6 Å². The molecule has 0 saturated carbocycles. The lowest BCUT2D eigenvalue weighted by Crippen LogP contribution is -2.24. The van der Waals surface area contributed by atoms with Gasteiger partial charge in [0.05, 0.1) is 5.39 Å². The molecule has 0 fully saturated rings. The third-order valence-corrected chi connectivity index (χ3v) is 5.50. The van der Waals surface area contributed by atoms with E-state index in [1.165, 1.54) is 4.57 Å². The maximum Gasteiger partial charge on any atom is 0.346 e. The van der Waals surface area contributed by atoms with Crippen LogP contribution in [0.3, 0.4) is 0 Å². The predicted octanol–water partition coefficient (Wildman–Crippen LogP) is 2.71. The molecule has 27 heavy (non-hydrogen) atoms. The fourth-order valence-electron chi connectivity index (χ4n) is 3.04. The van der Waals surface area contributed by atoms with Crippen molar-refractivity contribution in [3.63, 3.8) is 0 Å². The standard InChI is InChI=1S/C19H19N3O4S/c1-10-5-3-6-12(9-10)16-21-17-14(11(2)15(27-17)19(25)26)18(24)22(16)8-4-7-13(20)23/h3,5-6,9H,4,7-8H2,1-2H3,(H2,20,23)(H,25,26). The number of nitrogens with zero attached hydrogens (tertiary/aromatic N) is 2. The average molecular weight is 385 g/mol. The highest BCUT2D eigenvalue weighted by Crippen LogP contribution is 2.29. The monoisotopic (exact) mass is 385 g/mol. The van der Waals surface area contributed by atoms with Crippen molar-refractivity contribution in [2.45, 2.75) is 33.2 Å². The highest BCUT2D eigenvalue weighted by molar-refractivity contribution is 7.20. The normalized spacial score (nSPS) is 11.0. The zero-order valence-electron chi connectivity index (χ0n) is 15.0. The lowest BCUT2D eigenvalue weighted by atomic mass is 10.1. The van der Waals surface area contributed by atoms with Crippen molar-refractivity contribution >= 4 is 33.4 Å². The summed E-state index contributed by atoms with van der Waals surface area (Å²) in [5.41, 5.74) is 7.10. The van der Waals surface area contributed by atoms with Gasteiger partial charge in [0, 0.05) is 18.5 Å². The van der Waals surface area contributed by atoms with Gasteiger partial charge in [-0.1, -0.05) is 23.8 Å². The van der Waals surface area contributed by atoms with E-state index in [1.807, 2.05) is 31.2 Å². The van der Waals surface area contributed by atoms with Gasteiger partial charge < -0.3 is 10.8 Å². The van der Waals surface area contributed by atoms with Gasteiger partial charge in [-0.15, -0.1) is 11.3 Å². The quantitative estimate of drug-likeness (QED) is 0.677. The van der Waals surface area contributed by atoms with Crippen molar-refractivity contribution in [1.29, 1.82) is 0 Å². The minimum Gasteiger partial charge on any atom is -0.477 e. The van der Waals surface area contributed by atoms with Crippen molar-refractivity contribution in [2.75, 3.05) is 0 Å². The second-order valence-corrected chi connectivity index (χ2v) is 7.37. The molecule has 3 aromatic rings. The van der Waals surface area contributed by atoms with Gasteiger partial charge in [0.1, 0.15) is 15.5 Å². The number of amides is 1. The largest absolute Gasteiger partial charge is 0.477 e. The molecule has 3 rings (SSSR count). The van der Waals surface area contributed by atoms with Gasteiger partial charge in [0.15, 0.2) is 0 Å². The van der Waals surface area contributed by atoms with E-state index in [0.717, 1.165) is 22.5 Å². The molecule has 1 amide bonds. The summed E-state index contributed by atoms with van der Waals surface area (Å²) in [6.07, 6.45) is 0.553. The second kappa shape index (κ2) is 7.32. The number of carbonyl (C=O) groups is 2. The van der Waals surface area contributed by atoms with Gasteiger partial charge in [0.2, 0.25) is 5.91 Å². The first-order valence-corrected chi connectivity index (χ1v) is 9.23. The number of rotatable bonds is 6. The fourth-order valence-corrected chi connectivity index (χ4v) is 4.05. The number of benzene rings is 1. The number of hydrogen-bond donors (Lipinski definition) is 2. The van der Waals surface area contributed by atoms with Crippen molar-refractivity contribution in [3.05, 3.63) is 50.6 Å². The third-order valence-electron chi connectivity index (χ3n) is 4.33. The van der Waals surface area contributed by atoms with Gasteiger partial charge in [-0.05, 0) is 31.9 Å². The topological polar surface area (TPSA) is 115 Å². The first-order valence-electron chi connectivity index (χ1n) is 8.42. The summed E-state index contributed by atoms with van der Waals surface area (Å²) in [6, 6.07) is 7.58. The molecule has 7 nitrogen and oxygen atoms in total. The molecule has 0 atom stereocenters. The number of carboxylic acids is 1. The Hall–Kier alpha value is -3.00. The molecule has 0 saturated heterocycles. The van der Waals surface area contributed by atoms with Crippen LogP contribution in [0.15, 0.2) is 29.1 Å². The minimum absolute atomic E-state index is 0.111. The number of carbonyl (C=O) groups excluding carboxylic acids is 1. The number of carboxylic acid groups (broad SMARTS) is 1. The number of aryl methyl sites for hydroxylation is 2. The summed E-state index contributed by atoms with van der Waals surface area (Å²) in [6.45, 7) is 3.83. The smallest absolute Gasteiger partial charge is 0.346 e. The van der Waals surface area contributed by atoms with E-state index >= 15 is 0 Å². The number of primary amides is 1. The summed E-state index contributed by atoms with van der Waals surface area (Å²) in [5, 5.41) is 9.69. The summed E-state index contributed by atoms with van der Waals surface area (Å²) < 4.78 is 1.51. The van der Waals surface area contributed by atoms with Crippen LogP contribution >= 0.6 is 11.3 Å². The molecule has 2 aromatic heterocycles. The van der Waals surface area contributed by atoms with Crippen molar-refractivity contribution in [2.24, 2.45) is 5.73 Å². The Balaban J connectivity index is 2.26. The van der Waals surface area contributed by atoms with Gasteiger partial charge in [-0.3, -0.25) is 14.2 Å². The maximum absolute atomic E-state index is 13.2. The Kier molecular flexibility index (Phi) is 5.09. The summed E-state index contributed by atoms with van der Waals surface area (Å²) >= 11 is 0.999. The van der Waals surface area contributed by atoms with Crippen molar-refractivity contribution in [3.8, 4) is 11.4 Å². The molecule has 0 unspecified atom stereocenters. The first-order chi connectivity index (χ1) is 12.8. The zero-order valence-corrected chi connectivity index (χ0v) is 15.8. The van der Waals surface area contributed by atoms with E-state index in [4.69, 9.17) is 5.73 Å². The number of nitrogens with two attached hydrogens (primary N) is 1. The molecule has 0 aliphatic rings. The Labute approximate surface area is 159 Å². The zero-order chi connectivity index (χ0) is 19.7. The van der Waals surface area contributed by atoms with Gasteiger partial charge in [0.25, 0.3) is 5.56 Å². The highest BCUT2D eigenvalue weighted by atomic mass is 32.1. The molecule has 0 bridgehead atoms. The molecule has 1 aromatic carbocycles. The third kappa shape index (κ3) is 3.61. The lowest BCUT2D eigenvalue weighted by Gasteiger charge is -2.13. The first kappa shape index (κ1) is 18.8. The second-order valence-electron chi connectivity index (χ2n) is 6.37. The molecular weight excluding hydrogens is 366 g/mol. The molecule has 0 aliphatic carbocycles. The summed E-state index contributed by atoms with van der Waals surface area (Å²) in [4.78, 5) is 40.8. The molecule has 3 N–H and O–H groups in total. The molecule has 0 radical (unpaired) electrons. The average Bonchev–Trinajstić information content (AvgIpc) is 2.93. The van der Waals surface area contributed by atoms with Crippen LogP contribution in [0.2, 0.25) is 0 Å². The van der Waals surface area contributed by atoms with Crippen molar-refractivity contribution < 1.29 is 14.7 Å².